The van der Waals surface area contributed by atoms with Gasteiger partial charge in [-0.3, -0.25) is 4.79 Å². The van der Waals surface area contributed by atoms with Crippen molar-refractivity contribution in [2.24, 2.45) is 5.92 Å². The van der Waals surface area contributed by atoms with Gasteiger partial charge in [0, 0.05) is 19.9 Å². The summed E-state index contributed by atoms with van der Waals surface area (Å²) in [6.45, 7) is 5.54. The van der Waals surface area contributed by atoms with Crippen LogP contribution in [0.15, 0.2) is 6.20 Å². The van der Waals surface area contributed by atoms with Gasteiger partial charge in [0.2, 0.25) is 11.7 Å². The van der Waals surface area contributed by atoms with Gasteiger partial charge in [0.25, 0.3) is 0 Å². The maximum absolute atomic E-state index is 11.8. The highest BCUT2D eigenvalue weighted by molar-refractivity contribution is 5.83. The summed E-state index contributed by atoms with van der Waals surface area (Å²) in [6, 6.07) is -0.925. The van der Waals surface area contributed by atoms with Gasteiger partial charge in [-0.25, -0.2) is 4.79 Å². The lowest BCUT2D eigenvalue weighted by molar-refractivity contribution is -0.389. The van der Waals surface area contributed by atoms with Crippen LogP contribution in [0.3, 0.4) is 0 Å². The number of nitrogens with zero attached hydrogens (tertiary/aromatic N) is 3. The molecule has 0 aliphatic rings. The highest BCUT2D eigenvalue weighted by atomic mass is 16.6. The van der Waals surface area contributed by atoms with Crippen molar-refractivity contribution in [1.29, 1.82) is 0 Å². The van der Waals surface area contributed by atoms with Crippen LogP contribution in [0.5, 0.6) is 0 Å². The second-order valence-corrected chi connectivity index (χ2v) is 5.43. The standard InChI is InChI=1S/C13H20N4O5/c1-8(2)6-10(13(19)20)15-12(18)4-5-16-7-11(17(21)22)14-9(16)3/h7-8,10H,4-6H2,1-3H3,(H,15,18)(H,19,20)/t10-/m0/s1. The number of nitrogens with one attached hydrogen (secondary N) is 1. The lowest BCUT2D eigenvalue weighted by atomic mass is 10.0. The number of aromatic nitrogens is 2. The van der Waals surface area contributed by atoms with E-state index >= 15 is 0 Å². The number of aliphatic carboxylic acids is 1. The Kier molecular flexibility index (Phi) is 6.02. The highest BCUT2D eigenvalue weighted by Gasteiger charge is 2.21. The third kappa shape index (κ3) is 5.15. The van der Waals surface area contributed by atoms with E-state index < -0.39 is 22.8 Å². The molecule has 0 unspecified atom stereocenters. The van der Waals surface area contributed by atoms with Crippen molar-refractivity contribution < 1.29 is 19.6 Å². The molecule has 1 heterocycles. The fraction of sp³-hybridized carbons (Fsp3) is 0.615. The molecule has 9 heteroatoms. The van der Waals surface area contributed by atoms with Crippen LogP contribution in [0, 0.1) is 23.0 Å². The zero-order chi connectivity index (χ0) is 16.9. The Morgan fingerprint density at radius 1 is 1.50 bits per heavy atom. The number of hydrogen-bond acceptors (Lipinski definition) is 5. The molecule has 0 spiro atoms. The Morgan fingerprint density at radius 2 is 2.14 bits per heavy atom. The summed E-state index contributed by atoms with van der Waals surface area (Å²) in [5.74, 6) is -1.20. The highest BCUT2D eigenvalue weighted by Crippen LogP contribution is 2.11. The first-order chi connectivity index (χ1) is 10.2. The Morgan fingerprint density at radius 3 is 2.59 bits per heavy atom. The Balaban J connectivity index is 2.58. The normalized spacial score (nSPS) is 12.2. The summed E-state index contributed by atoms with van der Waals surface area (Å²) in [4.78, 5) is 36.7. The van der Waals surface area contributed by atoms with Gasteiger partial charge >= 0.3 is 11.8 Å². The Bertz CT molecular complexity index is 567. The van der Waals surface area contributed by atoms with Crippen molar-refractivity contribution in [3.8, 4) is 0 Å². The number of imidazole rings is 1. The minimum Gasteiger partial charge on any atom is -0.480 e. The van der Waals surface area contributed by atoms with E-state index in [1.165, 1.54) is 10.8 Å². The van der Waals surface area contributed by atoms with Crippen LogP contribution >= 0.6 is 0 Å². The number of carboxylic acids is 1. The minimum absolute atomic E-state index is 0.0240. The molecule has 0 aliphatic carbocycles. The Labute approximate surface area is 127 Å². The molecule has 1 rings (SSSR count). The van der Waals surface area contributed by atoms with Crippen LogP contribution < -0.4 is 5.32 Å². The summed E-state index contributed by atoms with van der Waals surface area (Å²) < 4.78 is 1.50. The van der Waals surface area contributed by atoms with Gasteiger partial charge in [0.05, 0.1) is 0 Å². The molecule has 1 aromatic heterocycles. The predicted molar refractivity (Wildman–Crippen MR) is 77.3 cm³/mol. The van der Waals surface area contributed by atoms with Gasteiger partial charge in [-0.05, 0) is 22.2 Å². The van der Waals surface area contributed by atoms with E-state index in [9.17, 15) is 19.7 Å². The van der Waals surface area contributed by atoms with E-state index in [4.69, 9.17) is 5.11 Å². The first-order valence-corrected chi connectivity index (χ1v) is 6.91. The zero-order valence-electron chi connectivity index (χ0n) is 12.8. The molecule has 122 valence electrons. The quantitative estimate of drug-likeness (QED) is 0.546. The van der Waals surface area contributed by atoms with Crippen molar-refractivity contribution >= 4 is 17.7 Å². The van der Waals surface area contributed by atoms with Gasteiger partial charge < -0.3 is 25.1 Å². The summed E-state index contributed by atoms with van der Waals surface area (Å²) in [5.41, 5.74) is 0. The number of carbonyl (C=O) groups is 2. The van der Waals surface area contributed by atoms with Gasteiger partial charge in [0.15, 0.2) is 0 Å². The van der Waals surface area contributed by atoms with Crippen LogP contribution in [-0.4, -0.2) is 37.5 Å². The van der Waals surface area contributed by atoms with Gasteiger partial charge in [-0.2, -0.15) is 0 Å². The van der Waals surface area contributed by atoms with Crippen molar-refractivity contribution in [2.75, 3.05) is 0 Å². The largest absolute Gasteiger partial charge is 0.480 e. The number of nitro groups is 1. The molecule has 22 heavy (non-hydrogen) atoms. The van der Waals surface area contributed by atoms with E-state index in [1.807, 2.05) is 13.8 Å². The number of carbonyl (C=O) groups excluding carboxylic acids is 1. The maximum Gasteiger partial charge on any atom is 0.381 e. The Hall–Kier alpha value is -2.45. The molecule has 1 atom stereocenters. The maximum atomic E-state index is 11.8. The minimum atomic E-state index is -1.07. The zero-order valence-corrected chi connectivity index (χ0v) is 12.8. The predicted octanol–water partition coefficient (Wildman–Crippen LogP) is 1.11. The number of rotatable bonds is 8. The average molecular weight is 312 g/mol. The molecule has 0 saturated carbocycles. The first kappa shape index (κ1) is 17.6. The van der Waals surface area contributed by atoms with Gasteiger partial charge in [0.1, 0.15) is 12.2 Å². The first-order valence-electron chi connectivity index (χ1n) is 6.91. The molecule has 0 aromatic carbocycles. The van der Waals surface area contributed by atoms with Gasteiger partial charge in [-0.15, -0.1) is 0 Å². The summed E-state index contributed by atoms with van der Waals surface area (Å²) in [6.07, 6.45) is 1.62. The van der Waals surface area contributed by atoms with Crippen molar-refractivity contribution in [3.05, 3.63) is 22.1 Å². The molecule has 2 N–H and O–H groups in total. The second-order valence-electron chi connectivity index (χ2n) is 5.43. The van der Waals surface area contributed by atoms with Gasteiger partial charge in [-0.1, -0.05) is 13.8 Å². The SMILES string of the molecule is Cc1nc([N+](=O)[O-])cn1CCC(=O)N[C@@H](CC(C)C)C(=O)O. The molecular formula is C13H20N4O5. The summed E-state index contributed by atoms with van der Waals surface area (Å²) >= 11 is 0. The van der Waals surface area contributed by atoms with Crippen molar-refractivity contribution in [2.45, 2.75) is 46.2 Å². The van der Waals surface area contributed by atoms with Crippen molar-refractivity contribution in [3.63, 3.8) is 0 Å². The molecule has 0 aliphatic heterocycles. The molecule has 1 aromatic rings. The van der Waals surface area contributed by atoms with E-state index in [2.05, 4.69) is 10.3 Å². The topological polar surface area (TPSA) is 127 Å². The van der Waals surface area contributed by atoms with E-state index in [1.54, 1.807) is 6.92 Å². The molecular weight excluding hydrogens is 292 g/mol. The van der Waals surface area contributed by atoms with E-state index in [-0.39, 0.29) is 24.7 Å². The number of hydrogen-bond donors (Lipinski definition) is 2. The second kappa shape index (κ2) is 7.53. The fourth-order valence-corrected chi connectivity index (χ4v) is 1.99. The van der Waals surface area contributed by atoms with E-state index in [0.717, 1.165) is 0 Å². The summed E-state index contributed by atoms with van der Waals surface area (Å²) in [7, 11) is 0. The van der Waals surface area contributed by atoms with Crippen molar-refractivity contribution in [1.82, 2.24) is 14.9 Å². The lowest BCUT2D eigenvalue weighted by Gasteiger charge is -2.16. The molecule has 0 fully saturated rings. The fourth-order valence-electron chi connectivity index (χ4n) is 1.99. The molecule has 0 saturated heterocycles. The monoisotopic (exact) mass is 312 g/mol. The average Bonchev–Trinajstić information content (AvgIpc) is 2.76. The summed E-state index contributed by atoms with van der Waals surface area (Å²) in [5, 5.41) is 22.1. The third-order valence-electron chi connectivity index (χ3n) is 3.07. The molecule has 0 radical (unpaired) electrons. The molecule has 0 bridgehead atoms. The van der Waals surface area contributed by atoms with Crippen LogP contribution in [0.25, 0.3) is 0 Å². The molecule has 1 amide bonds. The smallest absolute Gasteiger partial charge is 0.381 e. The van der Waals surface area contributed by atoms with Crippen LogP contribution in [0.1, 0.15) is 32.5 Å². The number of aryl methyl sites for hydroxylation is 2. The van der Waals surface area contributed by atoms with Crippen LogP contribution in [0.2, 0.25) is 0 Å². The number of amides is 1. The lowest BCUT2D eigenvalue weighted by Crippen LogP contribution is -2.41. The third-order valence-corrected chi connectivity index (χ3v) is 3.07. The van der Waals surface area contributed by atoms with Crippen LogP contribution in [-0.2, 0) is 16.1 Å². The molecule has 9 nitrogen and oxygen atoms in total. The van der Waals surface area contributed by atoms with E-state index in [0.29, 0.717) is 12.2 Å². The number of carboxylic acid groups (broad SMARTS) is 1. The van der Waals surface area contributed by atoms with Crippen LogP contribution in [0.4, 0.5) is 5.82 Å².